The van der Waals surface area contributed by atoms with Crippen LogP contribution in [0.3, 0.4) is 0 Å². The number of hydrogen-bond donors (Lipinski definition) is 1. The standard InChI is InChI=1S/C6H11PS3/c8-7(9)10-6-4-2-1-3-5-6/h6H,1-5H2/p+1. The van der Waals surface area contributed by atoms with Crippen LogP contribution in [0.2, 0.25) is 0 Å². The van der Waals surface area contributed by atoms with Gasteiger partial charge in [-0.15, -0.1) is 0 Å². The van der Waals surface area contributed by atoms with E-state index in [1.165, 1.54) is 32.1 Å². The third-order valence-corrected chi connectivity index (χ3v) is 5.80. The maximum Gasteiger partial charge on any atom is 0.314 e. The third kappa shape index (κ3) is 3.56. The molecule has 0 nitrogen and oxygen atoms in total. The molecule has 0 amide bonds. The van der Waals surface area contributed by atoms with Crippen molar-refractivity contribution in [1.82, 2.24) is 0 Å². The summed E-state index contributed by atoms with van der Waals surface area (Å²) >= 11 is 11.2. The van der Waals surface area contributed by atoms with E-state index in [0.29, 0.717) is 0 Å². The topological polar surface area (TPSA) is 0 Å². The van der Waals surface area contributed by atoms with Crippen molar-refractivity contribution in [2.24, 2.45) is 0 Å². The molecule has 1 saturated carbocycles. The van der Waals surface area contributed by atoms with Crippen LogP contribution in [0.25, 0.3) is 0 Å². The minimum atomic E-state index is -0.429. The molecule has 58 valence electrons. The zero-order valence-corrected chi connectivity index (χ0v) is 9.25. The fourth-order valence-electron chi connectivity index (χ4n) is 1.30. The summed E-state index contributed by atoms with van der Waals surface area (Å²) in [5.74, 6) is 0. The summed E-state index contributed by atoms with van der Waals surface area (Å²) in [6, 6.07) is 0. The molecular formula is C6H12PS3+. The zero-order chi connectivity index (χ0) is 7.40. The van der Waals surface area contributed by atoms with Gasteiger partial charge >= 0.3 is 5.10 Å². The molecule has 0 aromatic carbocycles. The fraction of sp³-hybridized carbons (Fsp3) is 1.00. The predicted octanol–water partition coefficient (Wildman–Crippen LogP) is 3.76. The Hall–Kier alpha value is 1.22. The first-order chi connectivity index (χ1) is 4.79. The number of thiol groups is 1. The molecule has 0 aliphatic heterocycles. The van der Waals surface area contributed by atoms with Gasteiger partial charge in [0.25, 0.3) is 0 Å². The van der Waals surface area contributed by atoms with Crippen molar-refractivity contribution < 1.29 is 0 Å². The van der Waals surface area contributed by atoms with E-state index in [4.69, 9.17) is 11.8 Å². The van der Waals surface area contributed by atoms with Crippen LogP contribution >= 0.6 is 28.7 Å². The van der Waals surface area contributed by atoms with Crippen molar-refractivity contribution in [3.05, 3.63) is 0 Å². The average molecular weight is 211 g/mol. The summed E-state index contributed by atoms with van der Waals surface area (Å²) in [5, 5.41) is 0.414. The molecule has 0 N–H and O–H groups in total. The summed E-state index contributed by atoms with van der Waals surface area (Å²) in [5.41, 5.74) is 0. The Morgan fingerprint density at radius 2 is 1.90 bits per heavy atom. The molecule has 1 unspecified atom stereocenters. The van der Waals surface area contributed by atoms with E-state index < -0.39 is 5.10 Å². The minimum Gasteiger partial charge on any atom is -0.0532 e. The van der Waals surface area contributed by atoms with E-state index >= 15 is 0 Å². The van der Waals surface area contributed by atoms with Crippen LogP contribution in [0.15, 0.2) is 0 Å². The van der Waals surface area contributed by atoms with Crippen LogP contribution in [0.1, 0.15) is 32.1 Å². The lowest BCUT2D eigenvalue weighted by atomic mass is 10.0. The normalized spacial score (nSPS) is 22.7. The van der Waals surface area contributed by atoms with E-state index in [0.717, 1.165) is 5.25 Å². The summed E-state index contributed by atoms with van der Waals surface area (Å²) in [7, 11) is 0. The van der Waals surface area contributed by atoms with Gasteiger partial charge in [-0.1, -0.05) is 19.3 Å². The summed E-state index contributed by atoms with van der Waals surface area (Å²) in [4.78, 5) is 0. The highest BCUT2D eigenvalue weighted by Gasteiger charge is 2.20. The lowest BCUT2D eigenvalue weighted by Gasteiger charge is -2.15. The molecule has 0 radical (unpaired) electrons. The van der Waals surface area contributed by atoms with E-state index in [-0.39, 0.29) is 0 Å². The van der Waals surface area contributed by atoms with Crippen molar-refractivity contribution in [2.75, 3.05) is 0 Å². The van der Waals surface area contributed by atoms with E-state index in [1.54, 1.807) is 0 Å². The van der Waals surface area contributed by atoms with Gasteiger partial charge in [-0.05, 0) is 12.8 Å². The van der Waals surface area contributed by atoms with Crippen molar-refractivity contribution in [3.63, 3.8) is 0 Å². The summed E-state index contributed by atoms with van der Waals surface area (Å²) < 4.78 is 0. The zero-order valence-electron chi connectivity index (χ0n) is 5.82. The second-order valence-corrected chi connectivity index (χ2v) is 10.3. The molecular weight excluding hydrogens is 199 g/mol. The smallest absolute Gasteiger partial charge is 0.0532 e. The summed E-state index contributed by atoms with van der Waals surface area (Å²) in [6.45, 7) is 0. The van der Waals surface area contributed by atoms with E-state index in [1.807, 2.05) is 11.4 Å². The van der Waals surface area contributed by atoms with Crippen LogP contribution in [0.4, 0.5) is 0 Å². The number of rotatable bonds is 2. The Morgan fingerprint density at radius 1 is 1.30 bits per heavy atom. The molecule has 4 heteroatoms. The van der Waals surface area contributed by atoms with Gasteiger partial charge in [-0.25, -0.2) is 0 Å². The highest BCUT2D eigenvalue weighted by Crippen LogP contribution is 2.48. The molecule has 0 heterocycles. The average Bonchev–Trinajstić information content (AvgIpc) is 1.88. The molecule has 1 fully saturated rings. The Kier molecular flexibility index (Phi) is 4.63. The second kappa shape index (κ2) is 4.97. The summed E-state index contributed by atoms with van der Waals surface area (Å²) in [6.07, 6.45) is 6.99. The molecule has 1 aliphatic carbocycles. The van der Waals surface area contributed by atoms with Crippen molar-refractivity contribution in [2.45, 2.75) is 37.4 Å². The molecule has 1 rings (SSSR count). The Labute approximate surface area is 77.9 Å². The van der Waals surface area contributed by atoms with Crippen molar-refractivity contribution >= 4 is 40.5 Å². The van der Waals surface area contributed by atoms with Crippen LogP contribution in [0, 0.1) is 0 Å². The Bertz CT molecular complexity index is 120. The lowest BCUT2D eigenvalue weighted by molar-refractivity contribution is 0.517. The molecule has 10 heavy (non-hydrogen) atoms. The largest absolute Gasteiger partial charge is 0.314 e. The molecule has 0 aromatic rings. The van der Waals surface area contributed by atoms with Crippen LogP contribution in [-0.2, 0) is 11.8 Å². The molecule has 1 atom stereocenters. The number of hydrogen-bond acceptors (Lipinski definition) is 2. The van der Waals surface area contributed by atoms with Gasteiger partial charge in [0, 0.05) is 0 Å². The Morgan fingerprint density at radius 3 is 2.40 bits per heavy atom. The van der Waals surface area contributed by atoms with Gasteiger partial charge in [0.2, 0.25) is 0 Å². The van der Waals surface area contributed by atoms with Gasteiger partial charge in [-0.2, -0.15) is 0 Å². The highest BCUT2D eigenvalue weighted by atomic mass is 33.2. The first-order valence-corrected chi connectivity index (χ1v) is 8.61. The predicted molar refractivity (Wildman–Crippen MR) is 57.7 cm³/mol. The maximum atomic E-state index is 5.05. The van der Waals surface area contributed by atoms with Crippen molar-refractivity contribution in [3.8, 4) is 0 Å². The van der Waals surface area contributed by atoms with Crippen LogP contribution in [0.5, 0.6) is 0 Å². The van der Waals surface area contributed by atoms with E-state index in [2.05, 4.69) is 12.2 Å². The highest BCUT2D eigenvalue weighted by molar-refractivity contribution is 8.90. The Balaban J connectivity index is 2.19. The second-order valence-electron chi connectivity index (χ2n) is 2.60. The molecule has 0 spiro atoms. The fourth-order valence-corrected chi connectivity index (χ4v) is 5.79. The van der Waals surface area contributed by atoms with Gasteiger partial charge in [0.1, 0.15) is 11.4 Å². The van der Waals surface area contributed by atoms with Crippen LogP contribution < -0.4 is 0 Å². The van der Waals surface area contributed by atoms with Gasteiger partial charge in [-0.3, -0.25) is 0 Å². The lowest BCUT2D eigenvalue weighted by Crippen LogP contribution is -2.05. The van der Waals surface area contributed by atoms with Gasteiger partial charge in [0.15, 0.2) is 11.8 Å². The molecule has 0 aromatic heterocycles. The van der Waals surface area contributed by atoms with Crippen molar-refractivity contribution in [1.29, 1.82) is 0 Å². The first-order valence-electron chi connectivity index (χ1n) is 3.62. The molecule has 1 aliphatic rings. The monoisotopic (exact) mass is 211 g/mol. The van der Waals surface area contributed by atoms with Crippen LogP contribution in [-0.4, -0.2) is 5.25 Å². The van der Waals surface area contributed by atoms with E-state index in [9.17, 15) is 0 Å². The quantitative estimate of drug-likeness (QED) is 0.545. The van der Waals surface area contributed by atoms with Gasteiger partial charge < -0.3 is 0 Å². The first kappa shape index (κ1) is 9.31. The molecule has 0 saturated heterocycles. The van der Waals surface area contributed by atoms with Gasteiger partial charge in [0.05, 0.1) is 17.5 Å². The molecule has 0 bridgehead atoms. The third-order valence-electron chi connectivity index (χ3n) is 1.79. The SMILES string of the molecule is S=[P+](S)SC1CCCCC1. The maximum absolute atomic E-state index is 5.05. The minimum absolute atomic E-state index is 0.429.